The number of nitrogens with one attached hydrogen (secondary N) is 1. The summed E-state index contributed by atoms with van der Waals surface area (Å²) in [6.07, 6.45) is 0.687. The van der Waals surface area contributed by atoms with Crippen molar-refractivity contribution in [3.8, 4) is 0 Å². The first-order valence-electron chi connectivity index (χ1n) is 8.76. The van der Waals surface area contributed by atoms with Crippen LogP contribution in [0, 0.1) is 6.92 Å². The van der Waals surface area contributed by atoms with Crippen LogP contribution >= 0.6 is 22.9 Å². The number of H-pyrrole nitrogens is 1. The number of likely N-dealkylation sites (N-methyl/N-ethyl adjacent to an activating group) is 1. The second-order valence-electron chi connectivity index (χ2n) is 6.31. The molecule has 1 aliphatic rings. The Kier molecular flexibility index (Phi) is 5.71. The SMILES string of the molecule is CCOC(=O)c1sc(N2CC(N(C)C(=O)c3nc(Cl)c(CC)[nH]3)C2)nc1C. The molecule has 1 fully saturated rings. The average Bonchev–Trinajstić information content (AvgIpc) is 3.15. The quantitative estimate of drug-likeness (QED) is 0.734. The number of aromatic amines is 1. The van der Waals surface area contributed by atoms with Crippen LogP contribution in [0.25, 0.3) is 0 Å². The predicted molar refractivity (Wildman–Crippen MR) is 104 cm³/mol. The van der Waals surface area contributed by atoms with E-state index >= 15 is 0 Å². The van der Waals surface area contributed by atoms with Crippen LogP contribution < -0.4 is 4.90 Å². The molecule has 8 nitrogen and oxygen atoms in total. The lowest BCUT2D eigenvalue weighted by Crippen LogP contribution is -2.60. The molecular formula is C17H22ClN5O3S. The van der Waals surface area contributed by atoms with Crippen LogP contribution in [0.15, 0.2) is 0 Å². The summed E-state index contributed by atoms with van der Waals surface area (Å²) in [6, 6.07) is 0.0432. The van der Waals surface area contributed by atoms with E-state index in [9.17, 15) is 9.59 Å². The van der Waals surface area contributed by atoms with Gasteiger partial charge in [-0.25, -0.2) is 14.8 Å². The van der Waals surface area contributed by atoms with Crippen LogP contribution in [0.1, 0.15) is 45.5 Å². The van der Waals surface area contributed by atoms with Crippen LogP contribution in [-0.4, -0.2) is 64.5 Å². The van der Waals surface area contributed by atoms with E-state index in [0.29, 0.717) is 41.8 Å². The molecule has 0 aromatic carbocycles. The normalized spacial score (nSPS) is 14.2. The summed E-state index contributed by atoms with van der Waals surface area (Å²) in [5, 5.41) is 1.11. The fourth-order valence-corrected chi connectivity index (χ4v) is 4.06. The molecule has 27 heavy (non-hydrogen) atoms. The van der Waals surface area contributed by atoms with Crippen LogP contribution in [-0.2, 0) is 11.2 Å². The average molecular weight is 412 g/mol. The summed E-state index contributed by atoms with van der Waals surface area (Å²) in [4.78, 5) is 40.3. The Morgan fingerprint density at radius 3 is 2.67 bits per heavy atom. The molecule has 1 aliphatic heterocycles. The first-order chi connectivity index (χ1) is 12.8. The molecule has 0 spiro atoms. The molecule has 0 saturated carbocycles. The Bertz CT molecular complexity index is 859. The highest BCUT2D eigenvalue weighted by Crippen LogP contribution is 2.31. The van der Waals surface area contributed by atoms with Gasteiger partial charge in [0.15, 0.2) is 16.1 Å². The largest absolute Gasteiger partial charge is 0.462 e. The number of nitrogens with zero attached hydrogens (tertiary/aromatic N) is 4. The van der Waals surface area contributed by atoms with Gasteiger partial charge in [0.2, 0.25) is 0 Å². The maximum absolute atomic E-state index is 12.6. The number of hydrogen-bond acceptors (Lipinski definition) is 7. The number of ether oxygens (including phenoxy) is 1. The Labute approximate surface area is 166 Å². The number of aromatic nitrogens is 3. The molecule has 2 aromatic rings. The van der Waals surface area contributed by atoms with Gasteiger partial charge in [-0.1, -0.05) is 29.9 Å². The molecule has 0 bridgehead atoms. The number of carbonyl (C=O) groups excluding carboxylic acids is 2. The van der Waals surface area contributed by atoms with E-state index in [-0.39, 0.29) is 23.7 Å². The van der Waals surface area contributed by atoms with Crippen molar-refractivity contribution in [1.29, 1.82) is 0 Å². The molecule has 1 N–H and O–H groups in total. The molecule has 10 heteroatoms. The number of thiazole rings is 1. The molecular weight excluding hydrogens is 390 g/mol. The summed E-state index contributed by atoms with van der Waals surface area (Å²) in [5.74, 6) is -0.277. The van der Waals surface area contributed by atoms with Crippen molar-refractivity contribution in [1.82, 2.24) is 19.9 Å². The van der Waals surface area contributed by atoms with Crippen LogP contribution in [0.4, 0.5) is 5.13 Å². The maximum Gasteiger partial charge on any atom is 0.350 e. The van der Waals surface area contributed by atoms with Crippen LogP contribution in [0.2, 0.25) is 5.15 Å². The number of anilines is 1. The zero-order valence-electron chi connectivity index (χ0n) is 15.7. The Hall–Kier alpha value is -2.13. The minimum absolute atomic E-state index is 0.0432. The summed E-state index contributed by atoms with van der Waals surface area (Å²) in [7, 11) is 1.75. The Balaban J connectivity index is 1.62. The fourth-order valence-electron chi connectivity index (χ4n) is 2.82. The smallest absolute Gasteiger partial charge is 0.350 e. The molecule has 1 saturated heterocycles. The van der Waals surface area contributed by atoms with E-state index in [2.05, 4.69) is 15.0 Å². The first-order valence-corrected chi connectivity index (χ1v) is 9.96. The highest BCUT2D eigenvalue weighted by Gasteiger charge is 2.36. The summed E-state index contributed by atoms with van der Waals surface area (Å²) in [6.45, 7) is 7.14. The second-order valence-corrected chi connectivity index (χ2v) is 7.65. The number of amides is 1. The second kappa shape index (κ2) is 7.85. The highest BCUT2D eigenvalue weighted by molar-refractivity contribution is 7.17. The van der Waals surface area contributed by atoms with Crippen molar-refractivity contribution in [2.45, 2.75) is 33.2 Å². The van der Waals surface area contributed by atoms with Crippen molar-refractivity contribution < 1.29 is 14.3 Å². The van der Waals surface area contributed by atoms with Gasteiger partial charge in [-0.3, -0.25) is 4.79 Å². The zero-order chi connectivity index (χ0) is 19.7. The Morgan fingerprint density at radius 1 is 1.37 bits per heavy atom. The van der Waals surface area contributed by atoms with Gasteiger partial charge in [-0.15, -0.1) is 0 Å². The molecule has 0 atom stereocenters. The number of esters is 1. The van der Waals surface area contributed by atoms with E-state index < -0.39 is 0 Å². The third-order valence-corrected chi connectivity index (χ3v) is 6.04. The van der Waals surface area contributed by atoms with Crippen LogP contribution in [0.3, 0.4) is 0 Å². The predicted octanol–water partition coefficient (Wildman–Crippen LogP) is 2.53. The van der Waals surface area contributed by atoms with E-state index in [1.54, 1.807) is 25.8 Å². The lowest BCUT2D eigenvalue weighted by molar-refractivity contribution is 0.0530. The van der Waals surface area contributed by atoms with Crippen molar-refractivity contribution in [2.75, 3.05) is 31.6 Å². The maximum atomic E-state index is 12.6. The van der Waals surface area contributed by atoms with Gasteiger partial charge in [-0.2, -0.15) is 0 Å². The van der Waals surface area contributed by atoms with E-state index in [1.807, 2.05) is 11.8 Å². The van der Waals surface area contributed by atoms with Gasteiger partial charge >= 0.3 is 5.97 Å². The third kappa shape index (κ3) is 3.79. The number of hydrogen-bond donors (Lipinski definition) is 1. The standard InChI is InChI=1S/C17H22ClN5O3S/c1-5-11-13(18)21-14(20-11)15(24)22(4)10-7-23(8-10)17-19-9(3)12(27-17)16(25)26-6-2/h10H,5-8H2,1-4H3,(H,20,21). The Morgan fingerprint density at radius 2 is 2.07 bits per heavy atom. The molecule has 1 amide bonds. The summed E-state index contributed by atoms with van der Waals surface area (Å²) in [5.41, 5.74) is 1.42. The summed E-state index contributed by atoms with van der Waals surface area (Å²) < 4.78 is 5.05. The molecule has 3 heterocycles. The third-order valence-electron chi connectivity index (χ3n) is 4.53. The van der Waals surface area contributed by atoms with E-state index in [0.717, 1.165) is 10.8 Å². The molecule has 0 unspecified atom stereocenters. The number of aryl methyl sites for hydroxylation is 2. The lowest BCUT2D eigenvalue weighted by Gasteiger charge is -2.43. The van der Waals surface area contributed by atoms with Crippen LogP contribution in [0.5, 0.6) is 0 Å². The van der Waals surface area contributed by atoms with Crippen molar-refractivity contribution in [3.05, 3.63) is 27.2 Å². The van der Waals surface area contributed by atoms with Crippen molar-refractivity contribution >= 4 is 39.9 Å². The van der Waals surface area contributed by atoms with E-state index in [4.69, 9.17) is 16.3 Å². The van der Waals surface area contributed by atoms with Crippen molar-refractivity contribution in [3.63, 3.8) is 0 Å². The molecule has 146 valence electrons. The fraction of sp³-hybridized carbons (Fsp3) is 0.529. The lowest BCUT2D eigenvalue weighted by atomic mass is 10.1. The number of carbonyl (C=O) groups is 2. The van der Waals surface area contributed by atoms with Gasteiger partial charge in [-0.05, 0) is 20.3 Å². The minimum Gasteiger partial charge on any atom is -0.462 e. The van der Waals surface area contributed by atoms with Crippen molar-refractivity contribution in [2.24, 2.45) is 0 Å². The van der Waals surface area contributed by atoms with Gasteiger partial charge in [0, 0.05) is 20.1 Å². The van der Waals surface area contributed by atoms with Gasteiger partial charge in [0.25, 0.3) is 5.91 Å². The summed E-state index contributed by atoms with van der Waals surface area (Å²) >= 11 is 7.34. The number of rotatable bonds is 6. The van der Waals surface area contributed by atoms with E-state index in [1.165, 1.54) is 11.3 Å². The zero-order valence-corrected chi connectivity index (χ0v) is 17.3. The monoisotopic (exact) mass is 411 g/mol. The van der Waals surface area contributed by atoms with Gasteiger partial charge in [0.1, 0.15) is 4.88 Å². The topological polar surface area (TPSA) is 91.4 Å². The number of halogens is 1. The molecule has 0 aliphatic carbocycles. The minimum atomic E-state index is -0.343. The highest BCUT2D eigenvalue weighted by atomic mass is 35.5. The molecule has 2 aromatic heterocycles. The van der Waals surface area contributed by atoms with Gasteiger partial charge in [0.05, 0.1) is 24.0 Å². The number of imidazole rings is 1. The first kappa shape index (κ1) is 19.6. The molecule has 3 rings (SSSR count). The molecule has 0 radical (unpaired) electrons. The van der Waals surface area contributed by atoms with Gasteiger partial charge < -0.3 is 19.5 Å².